The molecule has 2 rings (SSSR count). The van der Waals surface area contributed by atoms with Crippen LogP contribution in [0.1, 0.15) is 24.8 Å². The topological polar surface area (TPSA) is 88.5 Å². The lowest BCUT2D eigenvalue weighted by molar-refractivity contribution is 0.0200. The van der Waals surface area contributed by atoms with Gasteiger partial charge >= 0.3 is 0 Å². The average Bonchev–Trinajstić information content (AvgIpc) is 2.46. The molecular formula is C12H18N2O4S. The van der Waals surface area contributed by atoms with Crippen LogP contribution in [0.4, 0.5) is 0 Å². The molecule has 2 N–H and O–H groups in total. The van der Waals surface area contributed by atoms with Gasteiger partial charge in [0, 0.05) is 19.3 Å². The van der Waals surface area contributed by atoms with Gasteiger partial charge in [0.25, 0.3) is 10.0 Å². The van der Waals surface area contributed by atoms with Gasteiger partial charge in [0.05, 0.1) is 12.7 Å². The van der Waals surface area contributed by atoms with Gasteiger partial charge in [0.15, 0.2) is 5.03 Å². The van der Waals surface area contributed by atoms with Gasteiger partial charge in [-0.15, -0.1) is 0 Å². The zero-order chi connectivity index (χ0) is 13.7. The van der Waals surface area contributed by atoms with E-state index >= 15 is 0 Å². The molecule has 1 aliphatic rings. The Bertz CT molecular complexity index is 495. The van der Waals surface area contributed by atoms with Crippen LogP contribution in [0.15, 0.2) is 23.4 Å². The Kier molecular flexibility index (Phi) is 4.87. The van der Waals surface area contributed by atoms with E-state index in [9.17, 15) is 8.42 Å². The van der Waals surface area contributed by atoms with Gasteiger partial charge < -0.3 is 9.84 Å². The van der Waals surface area contributed by atoms with Crippen LogP contribution in [-0.4, -0.2) is 37.8 Å². The van der Waals surface area contributed by atoms with Crippen LogP contribution in [0, 0.1) is 0 Å². The summed E-state index contributed by atoms with van der Waals surface area (Å²) in [6.07, 6.45) is 4.27. The summed E-state index contributed by atoms with van der Waals surface area (Å²) < 4.78 is 31.9. The summed E-state index contributed by atoms with van der Waals surface area (Å²) in [4.78, 5) is 3.83. The number of rotatable bonds is 5. The maximum atomic E-state index is 12.0. The van der Waals surface area contributed by atoms with Crippen molar-refractivity contribution in [1.29, 1.82) is 0 Å². The number of nitrogens with one attached hydrogen (secondary N) is 1. The third kappa shape index (κ3) is 3.97. The Morgan fingerprint density at radius 2 is 2.26 bits per heavy atom. The fraction of sp³-hybridized carbons (Fsp3) is 0.583. The summed E-state index contributed by atoms with van der Waals surface area (Å²) in [6.45, 7) is 0.804. The van der Waals surface area contributed by atoms with Crippen molar-refractivity contribution in [2.75, 3.05) is 13.2 Å². The molecule has 1 saturated heterocycles. The smallest absolute Gasteiger partial charge is 0.258 e. The molecule has 1 fully saturated rings. The van der Waals surface area contributed by atoms with Crippen LogP contribution in [0.25, 0.3) is 0 Å². The minimum atomic E-state index is -3.61. The molecule has 0 aromatic carbocycles. The van der Waals surface area contributed by atoms with Crippen LogP contribution in [0.3, 0.4) is 0 Å². The molecule has 0 spiro atoms. The molecule has 0 bridgehead atoms. The Hall–Kier alpha value is -1.02. The average molecular weight is 286 g/mol. The minimum Gasteiger partial charge on any atom is -0.392 e. The second-order valence-corrected chi connectivity index (χ2v) is 6.22. The van der Waals surface area contributed by atoms with E-state index in [0.29, 0.717) is 12.2 Å². The lowest BCUT2D eigenvalue weighted by Crippen LogP contribution is -2.35. The van der Waals surface area contributed by atoms with E-state index in [1.165, 1.54) is 12.3 Å². The lowest BCUT2D eigenvalue weighted by Gasteiger charge is -2.22. The van der Waals surface area contributed by atoms with Gasteiger partial charge in [0.1, 0.15) is 0 Å². The Morgan fingerprint density at radius 1 is 1.42 bits per heavy atom. The molecule has 0 saturated carbocycles. The van der Waals surface area contributed by atoms with Crippen LogP contribution in [0.5, 0.6) is 0 Å². The summed E-state index contributed by atoms with van der Waals surface area (Å²) in [5.41, 5.74) is 0.578. The molecule has 1 aromatic heterocycles. The number of sulfonamides is 1. The third-order valence-electron chi connectivity index (χ3n) is 3.03. The first-order valence-corrected chi connectivity index (χ1v) is 7.77. The number of aromatic nitrogens is 1. The number of pyridine rings is 1. The molecule has 0 amide bonds. The van der Waals surface area contributed by atoms with E-state index in [-0.39, 0.29) is 24.3 Å². The van der Waals surface area contributed by atoms with Crippen molar-refractivity contribution in [3.8, 4) is 0 Å². The summed E-state index contributed by atoms with van der Waals surface area (Å²) in [7, 11) is -3.61. The molecule has 7 heteroatoms. The Morgan fingerprint density at radius 3 is 2.84 bits per heavy atom. The van der Waals surface area contributed by atoms with Crippen LogP contribution in [-0.2, 0) is 21.4 Å². The zero-order valence-corrected chi connectivity index (χ0v) is 11.4. The molecule has 1 atom stereocenters. The minimum absolute atomic E-state index is 0.0412. The standard InChI is InChI=1S/C12H18N2O4S/c15-9-10-4-5-12(13-7-10)19(16,17)14-8-11-3-1-2-6-18-11/h4-5,7,11,14-15H,1-3,6,8-9H2. The highest BCUT2D eigenvalue weighted by Crippen LogP contribution is 2.13. The quantitative estimate of drug-likeness (QED) is 0.819. The van der Waals surface area contributed by atoms with Gasteiger partial charge in [-0.05, 0) is 30.9 Å². The highest BCUT2D eigenvalue weighted by atomic mass is 32.2. The predicted molar refractivity (Wildman–Crippen MR) is 68.9 cm³/mol. The maximum Gasteiger partial charge on any atom is 0.258 e. The summed E-state index contributed by atoms with van der Waals surface area (Å²) in [5, 5.41) is 8.84. The Labute approximate surface area is 112 Å². The zero-order valence-electron chi connectivity index (χ0n) is 10.6. The van der Waals surface area contributed by atoms with Crippen LogP contribution >= 0.6 is 0 Å². The van der Waals surface area contributed by atoms with Gasteiger partial charge in [-0.25, -0.2) is 18.1 Å². The number of nitrogens with zero attached hydrogens (tertiary/aromatic N) is 1. The molecule has 1 aromatic rings. The van der Waals surface area contributed by atoms with E-state index in [1.807, 2.05) is 0 Å². The van der Waals surface area contributed by atoms with E-state index in [0.717, 1.165) is 19.3 Å². The molecule has 0 aliphatic carbocycles. The molecule has 106 valence electrons. The van der Waals surface area contributed by atoms with E-state index < -0.39 is 10.0 Å². The van der Waals surface area contributed by atoms with E-state index in [2.05, 4.69) is 9.71 Å². The SMILES string of the molecule is O=S(=O)(NCC1CCCCO1)c1ccc(CO)cn1. The van der Waals surface area contributed by atoms with Crippen molar-refractivity contribution >= 4 is 10.0 Å². The number of aliphatic hydroxyl groups excluding tert-OH is 1. The molecule has 1 aliphatic heterocycles. The van der Waals surface area contributed by atoms with Crippen molar-refractivity contribution in [3.05, 3.63) is 23.9 Å². The van der Waals surface area contributed by atoms with Gasteiger partial charge in [-0.3, -0.25) is 0 Å². The first-order chi connectivity index (χ1) is 9.12. The first kappa shape index (κ1) is 14.4. The maximum absolute atomic E-state index is 12.0. The monoisotopic (exact) mass is 286 g/mol. The summed E-state index contributed by atoms with van der Waals surface area (Å²) in [6, 6.07) is 2.92. The molecule has 19 heavy (non-hydrogen) atoms. The second kappa shape index (κ2) is 6.42. The van der Waals surface area contributed by atoms with E-state index in [4.69, 9.17) is 9.84 Å². The molecule has 0 radical (unpaired) electrons. The van der Waals surface area contributed by atoms with E-state index in [1.54, 1.807) is 6.07 Å². The van der Waals surface area contributed by atoms with Crippen molar-refractivity contribution < 1.29 is 18.3 Å². The fourth-order valence-electron chi connectivity index (χ4n) is 1.91. The third-order valence-corrected chi connectivity index (χ3v) is 4.37. The Balaban J connectivity index is 1.96. The number of aliphatic hydroxyl groups is 1. The largest absolute Gasteiger partial charge is 0.392 e. The normalized spacial score (nSPS) is 20.4. The van der Waals surface area contributed by atoms with Crippen molar-refractivity contribution in [1.82, 2.24) is 9.71 Å². The molecule has 2 heterocycles. The molecule has 6 nitrogen and oxygen atoms in total. The van der Waals surface area contributed by atoms with Gasteiger partial charge in [-0.1, -0.05) is 6.07 Å². The van der Waals surface area contributed by atoms with Crippen LogP contribution in [0.2, 0.25) is 0 Å². The van der Waals surface area contributed by atoms with Gasteiger partial charge in [0.2, 0.25) is 0 Å². The number of hydrogen-bond donors (Lipinski definition) is 2. The van der Waals surface area contributed by atoms with Crippen molar-refractivity contribution in [3.63, 3.8) is 0 Å². The molecular weight excluding hydrogens is 268 g/mol. The second-order valence-electron chi connectivity index (χ2n) is 4.50. The van der Waals surface area contributed by atoms with Crippen molar-refractivity contribution in [2.24, 2.45) is 0 Å². The van der Waals surface area contributed by atoms with Crippen molar-refractivity contribution in [2.45, 2.75) is 37.0 Å². The first-order valence-electron chi connectivity index (χ1n) is 6.29. The lowest BCUT2D eigenvalue weighted by atomic mass is 10.1. The summed E-state index contributed by atoms with van der Waals surface area (Å²) >= 11 is 0. The van der Waals surface area contributed by atoms with Crippen LogP contribution < -0.4 is 4.72 Å². The summed E-state index contributed by atoms with van der Waals surface area (Å²) in [5.74, 6) is 0. The molecule has 1 unspecified atom stereocenters. The number of hydrogen-bond acceptors (Lipinski definition) is 5. The fourth-order valence-corrected chi connectivity index (χ4v) is 2.90. The number of ether oxygens (including phenoxy) is 1. The van der Waals surface area contributed by atoms with Gasteiger partial charge in [-0.2, -0.15) is 0 Å². The highest BCUT2D eigenvalue weighted by molar-refractivity contribution is 7.89. The predicted octanol–water partition coefficient (Wildman–Crippen LogP) is 0.421. The highest BCUT2D eigenvalue weighted by Gasteiger charge is 2.20.